The van der Waals surface area contributed by atoms with Gasteiger partial charge in [0.1, 0.15) is 12.4 Å². The summed E-state index contributed by atoms with van der Waals surface area (Å²) < 4.78 is 6.64. The molecule has 0 fully saturated rings. The van der Waals surface area contributed by atoms with Crippen molar-refractivity contribution in [1.29, 1.82) is 0 Å². The van der Waals surface area contributed by atoms with Gasteiger partial charge < -0.3 is 15.8 Å². The summed E-state index contributed by atoms with van der Waals surface area (Å²) >= 11 is 3.45. The Bertz CT molecular complexity index is 1000. The number of hydrogen-bond acceptors (Lipinski definition) is 3. The van der Waals surface area contributed by atoms with E-state index in [-0.39, 0.29) is 18.9 Å². The Labute approximate surface area is 171 Å². The average molecular weight is 439 g/mol. The molecule has 0 spiro atoms. The zero-order valence-corrected chi connectivity index (χ0v) is 16.6. The molecule has 3 aromatic carbocycles. The van der Waals surface area contributed by atoms with Crippen molar-refractivity contribution in [3.05, 3.63) is 94.0 Å². The number of carbonyl (C=O) groups is 2. The van der Waals surface area contributed by atoms with Crippen LogP contribution in [0.1, 0.15) is 21.5 Å². The number of nitrogens with one attached hydrogen (secondary N) is 1. The maximum absolute atomic E-state index is 12.3. The maximum Gasteiger partial charge on any atom is 0.252 e. The zero-order valence-electron chi connectivity index (χ0n) is 15.0. The van der Waals surface area contributed by atoms with Crippen molar-refractivity contribution in [3.63, 3.8) is 0 Å². The van der Waals surface area contributed by atoms with Gasteiger partial charge in [-0.1, -0.05) is 58.4 Å². The van der Waals surface area contributed by atoms with Crippen LogP contribution in [0.15, 0.2) is 77.3 Å². The molecule has 0 atom stereocenters. The van der Waals surface area contributed by atoms with Gasteiger partial charge in [0.25, 0.3) is 5.91 Å². The SMILES string of the molecule is NC(=O)c1ccccc1OCc1cccc(NC(=O)Cc2ccccc2Br)c1. The minimum absolute atomic E-state index is 0.107. The second-order valence-electron chi connectivity index (χ2n) is 6.17. The van der Waals surface area contributed by atoms with Gasteiger partial charge in [-0.2, -0.15) is 0 Å². The van der Waals surface area contributed by atoms with E-state index in [0.29, 0.717) is 17.0 Å². The molecule has 0 saturated carbocycles. The summed E-state index contributed by atoms with van der Waals surface area (Å²) in [5.74, 6) is -0.217. The fraction of sp³-hybridized carbons (Fsp3) is 0.0909. The summed E-state index contributed by atoms with van der Waals surface area (Å²) in [7, 11) is 0. The number of hydrogen-bond donors (Lipinski definition) is 2. The topological polar surface area (TPSA) is 81.4 Å². The maximum atomic E-state index is 12.3. The highest BCUT2D eigenvalue weighted by Gasteiger charge is 2.10. The lowest BCUT2D eigenvalue weighted by molar-refractivity contribution is -0.115. The third-order valence-corrected chi connectivity index (χ3v) is 4.84. The molecular formula is C22H19BrN2O3. The molecule has 0 bridgehead atoms. The lowest BCUT2D eigenvalue weighted by Crippen LogP contribution is -2.15. The predicted octanol–water partition coefficient (Wildman–Crippen LogP) is 4.31. The van der Waals surface area contributed by atoms with Gasteiger partial charge >= 0.3 is 0 Å². The molecule has 0 saturated heterocycles. The van der Waals surface area contributed by atoms with Gasteiger partial charge in [0.2, 0.25) is 5.91 Å². The number of halogens is 1. The summed E-state index contributed by atoms with van der Waals surface area (Å²) in [5, 5.41) is 2.90. The highest BCUT2D eigenvalue weighted by atomic mass is 79.9. The molecular weight excluding hydrogens is 420 g/mol. The van der Waals surface area contributed by atoms with E-state index in [2.05, 4.69) is 21.2 Å². The van der Waals surface area contributed by atoms with Crippen molar-refractivity contribution < 1.29 is 14.3 Å². The van der Waals surface area contributed by atoms with Crippen LogP contribution >= 0.6 is 15.9 Å². The normalized spacial score (nSPS) is 10.3. The Morgan fingerprint density at radius 2 is 1.71 bits per heavy atom. The van der Waals surface area contributed by atoms with Crippen LogP contribution in [0.25, 0.3) is 0 Å². The van der Waals surface area contributed by atoms with E-state index in [9.17, 15) is 9.59 Å². The Balaban J connectivity index is 1.63. The smallest absolute Gasteiger partial charge is 0.252 e. The van der Waals surface area contributed by atoms with Crippen LogP contribution in [-0.4, -0.2) is 11.8 Å². The number of carbonyl (C=O) groups excluding carboxylic acids is 2. The number of benzene rings is 3. The van der Waals surface area contributed by atoms with E-state index >= 15 is 0 Å². The minimum Gasteiger partial charge on any atom is -0.488 e. The van der Waals surface area contributed by atoms with Crippen molar-refractivity contribution in [2.24, 2.45) is 5.73 Å². The van der Waals surface area contributed by atoms with E-state index in [4.69, 9.17) is 10.5 Å². The van der Waals surface area contributed by atoms with E-state index in [1.54, 1.807) is 24.3 Å². The van der Waals surface area contributed by atoms with Crippen LogP contribution in [0.5, 0.6) is 5.75 Å². The molecule has 3 aromatic rings. The van der Waals surface area contributed by atoms with Crippen LogP contribution < -0.4 is 15.8 Å². The van der Waals surface area contributed by atoms with E-state index in [0.717, 1.165) is 15.6 Å². The predicted molar refractivity (Wildman–Crippen MR) is 112 cm³/mol. The number of rotatable bonds is 7. The fourth-order valence-corrected chi connectivity index (χ4v) is 3.14. The first-order chi connectivity index (χ1) is 13.5. The summed E-state index contributed by atoms with van der Waals surface area (Å²) in [4.78, 5) is 23.8. The molecule has 0 aliphatic carbocycles. The molecule has 0 radical (unpaired) electrons. The molecule has 0 aliphatic rings. The number of amides is 2. The van der Waals surface area contributed by atoms with Gasteiger partial charge in [0.15, 0.2) is 0 Å². The van der Waals surface area contributed by atoms with Crippen LogP contribution in [0.2, 0.25) is 0 Å². The molecule has 0 unspecified atom stereocenters. The van der Waals surface area contributed by atoms with Gasteiger partial charge in [-0.25, -0.2) is 0 Å². The monoisotopic (exact) mass is 438 g/mol. The second-order valence-corrected chi connectivity index (χ2v) is 7.02. The molecule has 0 heterocycles. The summed E-state index contributed by atoms with van der Waals surface area (Å²) in [6, 6.07) is 21.8. The van der Waals surface area contributed by atoms with Gasteiger partial charge in [0.05, 0.1) is 12.0 Å². The van der Waals surface area contributed by atoms with Crippen molar-refractivity contribution in [1.82, 2.24) is 0 Å². The second kappa shape index (κ2) is 9.19. The van der Waals surface area contributed by atoms with Crippen molar-refractivity contribution >= 4 is 33.4 Å². The first kappa shape index (κ1) is 19.6. The van der Waals surface area contributed by atoms with Crippen molar-refractivity contribution in [2.45, 2.75) is 13.0 Å². The first-order valence-electron chi connectivity index (χ1n) is 8.67. The number of primary amides is 1. The van der Waals surface area contributed by atoms with Gasteiger partial charge in [-0.15, -0.1) is 0 Å². The standard InChI is InChI=1S/C22H19BrN2O3/c23-19-10-3-1-7-16(19)13-21(26)25-17-8-5-6-15(12-17)14-28-20-11-4-2-9-18(20)22(24)27/h1-12H,13-14H2,(H2,24,27)(H,25,26). The average Bonchev–Trinajstić information content (AvgIpc) is 2.68. The molecule has 142 valence electrons. The molecule has 3 N–H and O–H groups in total. The largest absolute Gasteiger partial charge is 0.488 e. The zero-order chi connectivity index (χ0) is 19.9. The summed E-state index contributed by atoms with van der Waals surface area (Å²) in [6.45, 7) is 0.248. The Hall–Kier alpha value is -3.12. The number of ether oxygens (including phenoxy) is 1. The summed E-state index contributed by atoms with van der Waals surface area (Å²) in [5.41, 5.74) is 8.16. The third-order valence-electron chi connectivity index (χ3n) is 4.07. The van der Waals surface area contributed by atoms with E-state index in [1.165, 1.54) is 0 Å². The van der Waals surface area contributed by atoms with E-state index in [1.807, 2.05) is 48.5 Å². The molecule has 0 aliphatic heterocycles. The van der Waals surface area contributed by atoms with Crippen LogP contribution in [0, 0.1) is 0 Å². The number of anilines is 1. The van der Waals surface area contributed by atoms with Gasteiger partial charge in [0, 0.05) is 10.2 Å². The highest BCUT2D eigenvalue weighted by Crippen LogP contribution is 2.20. The summed E-state index contributed by atoms with van der Waals surface area (Å²) in [6.07, 6.45) is 0.272. The lowest BCUT2D eigenvalue weighted by Gasteiger charge is -2.11. The molecule has 3 rings (SSSR count). The van der Waals surface area contributed by atoms with Crippen molar-refractivity contribution in [3.8, 4) is 5.75 Å². The first-order valence-corrected chi connectivity index (χ1v) is 9.46. The molecule has 5 nitrogen and oxygen atoms in total. The van der Waals surface area contributed by atoms with Crippen LogP contribution in [0.3, 0.4) is 0 Å². The number of nitrogens with two attached hydrogens (primary N) is 1. The fourth-order valence-electron chi connectivity index (χ4n) is 2.72. The molecule has 2 amide bonds. The minimum atomic E-state index is -0.538. The Kier molecular flexibility index (Phi) is 6.45. The Morgan fingerprint density at radius 1 is 0.964 bits per heavy atom. The van der Waals surface area contributed by atoms with Crippen LogP contribution in [0.4, 0.5) is 5.69 Å². The number of para-hydroxylation sites is 1. The quantitative estimate of drug-likeness (QED) is 0.576. The van der Waals surface area contributed by atoms with Crippen molar-refractivity contribution in [2.75, 3.05) is 5.32 Å². The molecule has 6 heteroatoms. The molecule has 0 aromatic heterocycles. The lowest BCUT2D eigenvalue weighted by atomic mass is 10.1. The highest BCUT2D eigenvalue weighted by molar-refractivity contribution is 9.10. The van der Waals surface area contributed by atoms with Gasteiger partial charge in [-0.05, 0) is 41.5 Å². The van der Waals surface area contributed by atoms with E-state index < -0.39 is 5.91 Å². The van der Waals surface area contributed by atoms with Crippen LogP contribution in [-0.2, 0) is 17.8 Å². The van der Waals surface area contributed by atoms with Gasteiger partial charge in [-0.3, -0.25) is 9.59 Å². The molecule has 28 heavy (non-hydrogen) atoms. The third kappa shape index (κ3) is 5.20. The Morgan fingerprint density at radius 3 is 2.50 bits per heavy atom.